The molecule has 0 aromatic carbocycles. The highest BCUT2D eigenvalue weighted by atomic mass is 32.2. The van der Waals surface area contributed by atoms with Crippen LogP contribution in [0.3, 0.4) is 0 Å². The molecule has 2 N–H and O–H groups in total. The Hall–Kier alpha value is -0.100. The van der Waals surface area contributed by atoms with Crippen molar-refractivity contribution in [2.45, 2.75) is 19.1 Å². The van der Waals surface area contributed by atoms with E-state index in [1.54, 1.807) is 7.11 Å². The van der Waals surface area contributed by atoms with E-state index < -0.39 is 0 Å². The van der Waals surface area contributed by atoms with E-state index >= 15 is 0 Å². The Balaban J connectivity index is 3.31. The van der Waals surface area contributed by atoms with Gasteiger partial charge in [0, 0.05) is 32.4 Å². The molecule has 0 aromatic heterocycles. The maximum absolute atomic E-state index is 10.1. The fourth-order valence-electron chi connectivity index (χ4n) is 1.14. The van der Waals surface area contributed by atoms with Crippen LogP contribution in [-0.2, 0) is 9.53 Å². The van der Waals surface area contributed by atoms with Crippen molar-refractivity contribution in [1.82, 2.24) is 10.6 Å². The molecule has 0 saturated carbocycles. The number of rotatable bonds is 11. The number of methoxy groups -OCH3 is 1. The van der Waals surface area contributed by atoms with E-state index in [1.165, 1.54) is 0 Å². The van der Waals surface area contributed by atoms with Crippen molar-refractivity contribution in [1.29, 1.82) is 0 Å². The molecule has 1 atom stereocenters. The molecule has 4 nitrogen and oxygen atoms in total. The van der Waals surface area contributed by atoms with Gasteiger partial charge in [0.05, 0.1) is 0 Å². The summed E-state index contributed by atoms with van der Waals surface area (Å²) in [6, 6.07) is 0. The molecule has 0 saturated heterocycles. The molecule has 0 rings (SSSR count). The standard InChI is InChI=1S/C10H22N2O2S/c1-14-10(12-7-9-15-2)4-6-11-5-3-8-13/h8,10-12H,3-7,9H2,1-2H3. The van der Waals surface area contributed by atoms with E-state index in [-0.39, 0.29) is 6.23 Å². The molecule has 0 aliphatic rings. The largest absolute Gasteiger partial charge is 0.367 e. The Morgan fingerprint density at radius 2 is 2.20 bits per heavy atom. The molecule has 0 spiro atoms. The fraction of sp³-hybridized carbons (Fsp3) is 0.900. The van der Waals surface area contributed by atoms with E-state index in [1.807, 2.05) is 11.8 Å². The molecule has 0 fully saturated rings. The second-order valence-corrected chi connectivity index (χ2v) is 4.15. The lowest BCUT2D eigenvalue weighted by molar-refractivity contribution is -0.107. The van der Waals surface area contributed by atoms with Gasteiger partial charge in [-0.1, -0.05) is 0 Å². The maximum atomic E-state index is 10.1. The zero-order chi connectivity index (χ0) is 11.4. The Morgan fingerprint density at radius 3 is 2.80 bits per heavy atom. The Morgan fingerprint density at radius 1 is 1.40 bits per heavy atom. The van der Waals surface area contributed by atoms with E-state index in [0.717, 1.165) is 38.1 Å². The van der Waals surface area contributed by atoms with Crippen LogP contribution in [0.25, 0.3) is 0 Å². The number of carbonyl (C=O) groups is 1. The van der Waals surface area contributed by atoms with Gasteiger partial charge in [-0.2, -0.15) is 11.8 Å². The third kappa shape index (κ3) is 10.2. The van der Waals surface area contributed by atoms with Crippen molar-refractivity contribution < 1.29 is 9.53 Å². The molecule has 0 radical (unpaired) electrons. The first-order valence-electron chi connectivity index (χ1n) is 5.24. The molecule has 5 heteroatoms. The van der Waals surface area contributed by atoms with Crippen LogP contribution in [0.1, 0.15) is 12.8 Å². The van der Waals surface area contributed by atoms with Gasteiger partial charge in [0.15, 0.2) is 0 Å². The second kappa shape index (κ2) is 12.0. The Labute approximate surface area is 96.5 Å². The summed E-state index contributed by atoms with van der Waals surface area (Å²) in [6.45, 7) is 2.59. The topological polar surface area (TPSA) is 50.4 Å². The van der Waals surface area contributed by atoms with Crippen LogP contribution in [0, 0.1) is 0 Å². The van der Waals surface area contributed by atoms with Crippen molar-refractivity contribution in [3.63, 3.8) is 0 Å². The zero-order valence-electron chi connectivity index (χ0n) is 9.62. The molecule has 0 aliphatic carbocycles. The van der Waals surface area contributed by atoms with Crippen LogP contribution in [0.15, 0.2) is 0 Å². The van der Waals surface area contributed by atoms with E-state index in [4.69, 9.17) is 4.74 Å². The summed E-state index contributed by atoms with van der Waals surface area (Å²) in [6.07, 6.45) is 4.63. The van der Waals surface area contributed by atoms with Gasteiger partial charge < -0.3 is 14.8 Å². The first kappa shape index (κ1) is 14.9. The second-order valence-electron chi connectivity index (χ2n) is 3.17. The summed E-state index contributed by atoms with van der Waals surface area (Å²) >= 11 is 1.82. The van der Waals surface area contributed by atoms with Crippen molar-refractivity contribution in [2.24, 2.45) is 0 Å². The van der Waals surface area contributed by atoms with E-state index in [0.29, 0.717) is 6.42 Å². The van der Waals surface area contributed by atoms with Crippen molar-refractivity contribution >= 4 is 18.0 Å². The van der Waals surface area contributed by atoms with Crippen LogP contribution in [0.4, 0.5) is 0 Å². The third-order valence-corrected chi connectivity index (χ3v) is 2.60. The van der Waals surface area contributed by atoms with Gasteiger partial charge >= 0.3 is 0 Å². The SMILES string of the molecule is COC(CCNCCC=O)NCCSC. The molecule has 0 heterocycles. The predicted octanol–water partition coefficient (Wildman–Crippen LogP) is 0.480. The number of nitrogens with one attached hydrogen (secondary N) is 2. The molecule has 0 amide bonds. The van der Waals surface area contributed by atoms with Crippen molar-refractivity contribution in [3.8, 4) is 0 Å². The number of thioether (sulfide) groups is 1. The number of ether oxygens (including phenoxy) is 1. The van der Waals surface area contributed by atoms with E-state index in [9.17, 15) is 4.79 Å². The highest BCUT2D eigenvalue weighted by Gasteiger charge is 2.04. The number of carbonyl (C=O) groups excluding carboxylic acids is 1. The summed E-state index contributed by atoms with van der Waals surface area (Å²) in [5, 5.41) is 6.49. The first-order valence-corrected chi connectivity index (χ1v) is 6.64. The first-order chi connectivity index (χ1) is 7.35. The summed E-state index contributed by atoms with van der Waals surface area (Å²) in [7, 11) is 1.71. The fourth-order valence-corrected chi connectivity index (χ4v) is 1.47. The van der Waals surface area contributed by atoms with Crippen LogP contribution in [0.5, 0.6) is 0 Å². The summed E-state index contributed by atoms with van der Waals surface area (Å²) in [5.74, 6) is 1.10. The number of hydrogen-bond acceptors (Lipinski definition) is 5. The quantitative estimate of drug-likeness (QED) is 0.309. The Kier molecular flexibility index (Phi) is 11.9. The maximum Gasteiger partial charge on any atom is 0.121 e. The van der Waals surface area contributed by atoms with E-state index in [2.05, 4.69) is 16.9 Å². The minimum absolute atomic E-state index is 0.112. The highest BCUT2D eigenvalue weighted by molar-refractivity contribution is 7.98. The van der Waals surface area contributed by atoms with Gasteiger partial charge in [0.2, 0.25) is 0 Å². The molecule has 0 aliphatic heterocycles. The minimum Gasteiger partial charge on any atom is -0.367 e. The summed E-state index contributed by atoms with van der Waals surface area (Å²) in [5.41, 5.74) is 0. The molecule has 0 bridgehead atoms. The van der Waals surface area contributed by atoms with Gasteiger partial charge in [-0.25, -0.2) is 0 Å². The smallest absolute Gasteiger partial charge is 0.121 e. The van der Waals surface area contributed by atoms with Crippen LogP contribution in [-0.4, -0.2) is 51.3 Å². The molecule has 0 aromatic rings. The minimum atomic E-state index is 0.112. The Bertz CT molecular complexity index is 147. The van der Waals surface area contributed by atoms with Gasteiger partial charge in [-0.3, -0.25) is 5.32 Å². The van der Waals surface area contributed by atoms with Gasteiger partial charge in [-0.15, -0.1) is 0 Å². The lowest BCUT2D eigenvalue weighted by Crippen LogP contribution is -2.35. The van der Waals surface area contributed by atoms with Crippen molar-refractivity contribution in [3.05, 3.63) is 0 Å². The van der Waals surface area contributed by atoms with Crippen LogP contribution in [0.2, 0.25) is 0 Å². The van der Waals surface area contributed by atoms with Crippen LogP contribution >= 0.6 is 11.8 Å². The molecular formula is C10H22N2O2S. The third-order valence-electron chi connectivity index (χ3n) is 1.98. The zero-order valence-corrected chi connectivity index (χ0v) is 10.4. The summed E-state index contributed by atoms with van der Waals surface area (Å²) < 4.78 is 5.27. The predicted molar refractivity (Wildman–Crippen MR) is 65.3 cm³/mol. The van der Waals surface area contributed by atoms with Crippen molar-refractivity contribution in [2.75, 3.05) is 38.8 Å². The average molecular weight is 234 g/mol. The normalized spacial score (nSPS) is 12.7. The van der Waals surface area contributed by atoms with Gasteiger partial charge in [0.25, 0.3) is 0 Å². The lowest BCUT2D eigenvalue weighted by atomic mass is 10.3. The number of hydrogen-bond donors (Lipinski definition) is 2. The highest BCUT2D eigenvalue weighted by Crippen LogP contribution is 1.93. The lowest BCUT2D eigenvalue weighted by Gasteiger charge is -2.16. The average Bonchev–Trinajstić information content (AvgIpc) is 2.26. The van der Waals surface area contributed by atoms with Gasteiger partial charge in [-0.05, 0) is 19.2 Å². The number of aldehydes is 1. The molecule has 1 unspecified atom stereocenters. The monoisotopic (exact) mass is 234 g/mol. The molecule has 90 valence electrons. The molecular weight excluding hydrogens is 212 g/mol. The molecule has 15 heavy (non-hydrogen) atoms. The summed E-state index contributed by atoms with van der Waals surface area (Å²) in [4.78, 5) is 10.1. The van der Waals surface area contributed by atoms with Crippen LogP contribution < -0.4 is 10.6 Å². The van der Waals surface area contributed by atoms with Gasteiger partial charge in [0.1, 0.15) is 12.5 Å².